The molecule has 0 saturated carbocycles. The number of aromatic nitrogens is 1. The molecule has 0 unspecified atom stereocenters. The van der Waals surface area contributed by atoms with E-state index in [4.69, 9.17) is 21.1 Å². The van der Waals surface area contributed by atoms with Gasteiger partial charge in [-0.15, -0.1) is 0 Å². The Hall–Kier alpha value is -1.94. The van der Waals surface area contributed by atoms with Crippen molar-refractivity contribution in [1.82, 2.24) is 4.57 Å². The molecule has 118 valence electrons. The Labute approximate surface area is 135 Å². The number of halogens is 1. The molecule has 0 atom stereocenters. The van der Waals surface area contributed by atoms with Crippen LogP contribution < -0.4 is 15.0 Å². The molecular weight excluding hydrogens is 302 g/mol. The van der Waals surface area contributed by atoms with Gasteiger partial charge in [-0.05, 0) is 49.2 Å². The molecular formula is C17H20ClNO3. The van der Waals surface area contributed by atoms with Crippen LogP contribution in [0.3, 0.4) is 0 Å². The van der Waals surface area contributed by atoms with Gasteiger partial charge >= 0.3 is 0 Å². The summed E-state index contributed by atoms with van der Waals surface area (Å²) in [5.74, 6) is 1.18. The molecule has 0 amide bonds. The summed E-state index contributed by atoms with van der Waals surface area (Å²) in [6.07, 6.45) is 3.38. The molecule has 0 aliphatic heterocycles. The van der Waals surface area contributed by atoms with Crippen LogP contribution in [0.15, 0.2) is 47.4 Å². The first kappa shape index (κ1) is 16.4. The van der Waals surface area contributed by atoms with Gasteiger partial charge in [0.2, 0.25) is 0 Å². The normalized spacial score (nSPS) is 10.5. The van der Waals surface area contributed by atoms with Gasteiger partial charge in [-0.3, -0.25) is 4.79 Å². The Kier molecular flexibility index (Phi) is 6.34. The van der Waals surface area contributed by atoms with E-state index >= 15 is 0 Å². The van der Waals surface area contributed by atoms with E-state index in [9.17, 15) is 4.79 Å². The molecule has 2 rings (SSSR count). The fourth-order valence-electron chi connectivity index (χ4n) is 1.97. The van der Waals surface area contributed by atoms with E-state index in [2.05, 4.69) is 0 Å². The van der Waals surface area contributed by atoms with Crippen LogP contribution in [-0.2, 0) is 6.54 Å². The second-order valence-electron chi connectivity index (χ2n) is 4.88. The Morgan fingerprint density at radius 3 is 2.59 bits per heavy atom. The Bertz CT molecular complexity index is 637. The topological polar surface area (TPSA) is 40.5 Å². The van der Waals surface area contributed by atoms with Gasteiger partial charge in [0.05, 0.1) is 13.2 Å². The lowest BCUT2D eigenvalue weighted by molar-refractivity contribution is 0.295. The predicted octanol–water partition coefficient (Wildman–Crippen LogP) is 3.76. The van der Waals surface area contributed by atoms with Crippen molar-refractivity contribution in [2.75, 3.05) is 13.2 Å². The summed E-state index contributed by atoms with van der Waals surface area (Å²) in [5, 5.41) is 0.683. The van der Waals surface area contributed by atoms with E-state index < -0.39 is 0 Å². The molecule has 0 N–H and O–H groups in total. The third-order valence-corrected chi connectivity index (χ3v) is 3.32. The number of ether oxygens (including phenoxy) is 2. The molecule has 0 spiro atoms. The lowest BCUT2D eigenvalue weighted by Crippen LogP contribution is -2.22. The Morgan fingerprint density at radius 1 is 1.09 bits per heavy atom. The van der Waals surface area contributed by atoms with Crippen molar-refractivity contribution in [3.63, 3.8) is 0 Å². The van der Waals surface area contributed by atoms with Gasteiger partial charge in [-0.25, -0.2) is 0 Å². The first-order chi connectivity index (χ1) is 10.7. The van der Waals surface area contributed by atoms with Crippen molar-refractivity contribution < 1.29 is 9.47 Å². The molecule has 4 nitrogen and oxygen atoms in total. The zero-order valence-corrected chi connectivity index (χ0v) is 13.4. The SMILES string of the molecule is CCCOc1cccn(CCCOc2ccc(Cl)cc2)c1=O. The zero-order valence-electron chi connectivity index (χ0n) is 12.6. The summed E-state index contributed by atoms with van der Waals surface area (Å²) >= 11 is 5.82. The molecule has 2 aromatic rings. The van der Waals surface area contributed by atoms with E-state index in [1.165, 1.54) is 0 Å². The minimum atomic E-state index is -0.0950. The first-order valence-corrected chi connectivity index (χ1v) is 7.79. The van der Waals surface area contributed by atoms with Crippen molar-refractivity contribution in [3.8, 4) is 11.5 Å². The molecule has 1 aromatic carbocycles. The fraction of sp³-hybridized carbons (Fsp3) is 0.353. The quantitative estimate of drug-likeness (QED) is 0.695. The van der Waals surface area contributed by atoms with Crippen LogP contribution in [0.2, 0.25) is 5.02 Å². The highest BCUT2D eigenvalue weighted by molar-refractivity contribution is 6.30. The maximum atomic E-state index is 12.2. The van der Waals surface area contributed by atoms with E-state index in [-0.39, 0.29) is 5.56 Å². The highest BCUT2D eigenvalue weighted by Gasteiger charge is 2.03. The minimum absolute atomic E-state index is 0.0950. The van der Waals surface area contributed by atoms with Crippen molar-refractivity contribution >= 4 is 11.6 Å². The maximum Gasteiger partial charge on any atom is 0.292 e. The number of benzene rings is 1. The molecule has 5 heteroatoms. The molecule has 0 radical (unpaired) electrons. The number of pyridine rings is 1. The highest BCUT2D eigenvalue weighted by Crippen LogP contribution is 2.15. The molecule has 1 aromatic heterocycles. The van der Waals surface area contributed by atoms with Crippen LogP contribution in [0.4, 0.5) is 0 Å². The summed E-state index contributed by atoms with van der Waals surface area (Å²) in [5.41, 5.74) is -0.0950. The van der Waals surface area contributed by atoms with E-state index in [1.807, 2.05) is 25.1 Å². The van der Waals surface area contributed by atoms with Gasteiger partial charge in [0.15, 0.2) is 5.75 Å². The van der Waals surface area contributed by atoms with E-state index in [1.54, 1.807) is 29.0 Å². The zero-order chi connectivity index (χ0) is 15.8. The van der Waals surface area contributed by atoms with E-state index in [0.717, 1.165) is 18.6 Å². The second kappa shape index (κ2) is 8.49. The maximum absolute atomic E-state index is 12.2. The number of hydrogen-bond acceptors (Lipinski definition) is 3. The number of rotatable bonds is 8. The predicted molar refractivity (Wildman–Crippen MR) is 88.1 cm³/mol. The molecule has 0 bridgehead atoms. The van der Waals surface area contributed by atoms with Crippen molar-refractivity contribution in [2.45, 2.75) is 26.3 Å². The highest BCUT2D eigenvalue weighted by atomic mass is 35.5. The molecule has 22 heavy (non-hydrogen) atoms. The lowest BCUT2D eigenvalue weighted by atomic mass is 10.3. The van der Waals surface area contributed by atoms with Crippen LogP contribution in [0.1, 0.15) is 19.8 Å². The average molecular weight is 322 g/mol. The van der Waals surface area contributed by atoms with Gasteiger partial charge in [0, 0.05) is 17.8 Å². The number of hydrogen-bond donors (Lipinski definition) is 0. The van der Waals surface area contributed by atoms with Gasteiger partial charge in [-0.2, -0.15) is 0 Å². The monoisotopic (exact) mass is 321 g/mol. The third kappa shape index (κ3) is 4.81. The molecule has 0 aliphatic rings. The average Bonchev–Trinajstić information content (AvgIpc) is 2.53. The Balaban J connectivity index is 1.84. The van der Waals surface area contributed by atoms with Crippen molar-refractivity contribution in [3.05, 3.63) is 58.0 Å². The van der Waals surface area contributed by atoms with Crippen LogP contribution in [0, 0.1) is 0 Å². The van der Waals surface area contributed by atoms with Crippen LogP contribution in [-0.4, -0.2) is 17.8 Å². The summed E-state index contributed by atoms with van der Waals surface area (Å²) < 4.78 is 12.7. The molecule has 0 aliphatic carbocycles. The van der Waals surface area contributed by atoms with Gasteiger partial charge < -0.3 is 14.0 Å². The van der Waals surface area contributed by atoms with Crippen LogP contribution in [0.25, 0.3) is 0 Å². The smallest absolute Gasteiger partial charge is 0.292 e. The molecule has 1 heterocycles. The summed E-state index contributed by atoms with van der Waals surface area (Å²) in [6.45, 7) is 3.69. The summed E-state index contributed by atoms with van der Waals surface area (Å²) in [7, 11) is 0. The largest absolute Gasteiger partial charge is 0.494 e. The van der Waals surface area contributed by atoms with Gasteiger partial charge in [0.1, 0.15) is 5.75 Å². The Morgan fingerprint density at radius 2 is 1.86 bits per heavy atom. The van der Waals surface area contributed by atoms with E-state index in [0.29, 0.717) is 30.5 Å². The standard InChI is InChI=1S/C17H20ClNO3/c1-2-12-22-16-5-3-10-19(17(16)20)11-4-13-21-15-8-6-14(18)7-9-15/h3,5-10H,2,4,11-13H2,1H3. The number of aryl methyl sites for hydroxylation is 1. The van der Waals surface area contributed by atoms with Crippen molar-refractivity contribution in [1.29, 1.82) is 0 Å². The van der Waals surface area contributed by atoms with Crippen LogP contribution in [0.5, 0.6) is 11.5 Å². The number of nitrogens with zero attached hydrogens (tertiary/aromatic N) is 1. The third-order valence-electron chi connectivity index (χ3n) is 3.07. The molecule has 0 fully saturated rings. The summed E-state index contributed by atoms with van der Waals surface area (Å²) in [4.78, 5) is 12.2. The lowest BCUT2D eigenvalue weighted by Gasteiger charge is -2.10. The van der Waals surface area contributed by atoms with Crippen LogP contribution >= 0.6 is 11.6 Å². The fourth-order valence-corrected chi connectivity index (χ4v) is 2.09. The summed E-state index contributed by atoms with van der Waals surface area (Å²) in [6, 6.07) is 10.8. The van der Waals surface area contributed by atoms with Gasteiger partial charge in [0.25, 0.3) is 5.56 Å². The molecule has 0 saturated heterocycles. The first-order valence-electron chi connectivity index (χ1n) is 7.41. The van der Waals surface area contributed by atoms with Gasteiger partial charge in [-0.1, -0.05) is 18.5 Å². The minimum Gasteiger partial charge on any atom is -0.494 e. The second-order valence-corrected chi connectivity index (χ2v) is 5.31. The van der Waals surface area contributed by atoms with Crippen molar-refractivity contribution in [2.24, 2.45) is 0 Å².